The first-order valence-corrected chi connectivity index (χ1v) is 7.03. The number of methoxy groups -OCH3 is 1. The third kappa shape index (κ3) is 6.19. The van der Waals surface area contributed by atoms with Crippen LogP contribution in [-0.4, -0.2) is 31.4 Å². The molecule has 2 unspecified atom stereocenters. The highest BCUT2D eigenvalue weighted by Gasteiger charge is 2.08. The van der Waals surface area contributed by atoms with E-state index in [1.165, 1.54) is 5.56 Å². The fourth-order valence-corrected chi connectivity index (χ4v) is 1.97. The van der Waals surface area contributed by atoms with Gasteiger partial charge in [-0.3, -0.25) is 0 Å². The predicted molar refractivity (Wildman–Crippen MR) is 79.3 cm³/mol. The summed E-state index contributed by atoms with van der Waals surface area (Å²) in [4.78, 5) is 0. The maximum atomic E-state index is 10.1. The lowest BCUT2D eigenvalue weighted by atomic mass is 10.0. The van der Waals surface area contributed by atoms with Gasteiger partial charge in [0.25, 0.3) is 0 Å². The quantitative estimate of drug-likeness (QED) is 0.759. The van der Waals surface area contributed by atoms with Gasteiger partial charge in [0.2, 0.25) is 0 Å². The standard InChI is InChI=1S/C16H27NO2/c1-12(2)9-14-5-7-15(8-6-14)16(18)11-17-10-13(3)19-4/h5-8,12-13,16-18H,9-11H2,1-4H3. The van der Waals surface area contributed by atoms with Crippen LogP contribution in [0.1, 0.15) is 38.0 Å². The van der Waals surface area contributed by atoms with Gasteiger partial charge in [-0.05, 0) is 30.4 Å². The molecule has 0 radical (unpaired) electrons. The molecule has 0 aliphatic rings. The summed E-state index contributed by atoms with van der Waals surface area (Å²) in [7, 11) is 1.69. The van der Waals surface area contributed by atoms with Crippen molar-refractivity contribution in [1.82, 2.24) is 5.32 Å². The molecule has 0 aliphatic carbocycles. The lowest BCUT2D eigenvalue weighted by Crippen LogP contribution is -2.29. The van der Waals surface area contributed by atoms with E-state index in [1.807, 2.05) is 19.1 Å². The van der Waals surface area contributed by atoms with E-state index < -0.39 is 6.10 Å². The van der Waals surface area contributed by atoms with Crippen molar-refractivity contribution in [3.63, 3.8) is 0 Å². The maximum Gasteiger partial charge on any atom is 0.0914 e. The summed E-state index contributed by atoms with van der Waals surface area (Å²) < 4.78 is 5.15. The number of ether oxygens (including phenoxy) is 1. The van der Waals surface area contributed by atoms with Crippen molar-refractivity contribution in [2.75, 3.05) is 20.2 Å². The van der Waals surface area contributed by atoms with E-state index in [9.17, 15) is 5.11 Å². The van der Waals surface area contributed by atoms with Gasteiger partial charge in [0.15, 0.2) is 0 Å². The third-order valence-corrected chi connectivity index (χ3v) is 3.18. The lowest BCUT2D eigenvalue weighted by molar-refractivity contribution is 0.109. The minimum absolute atomic E-state index is 0.167. The van der Waals surface area contributed by atoms with Gasteiger partial charge in [-0.2, -0.15) is 0 Å². The Morgan fingerprint density at radius 1 is 1.11 bits per heavy atom. The molecule has 0 aromatic heterocycles. The van der Waals surface area contributed by atoms with Gasteiger partial charge < -0.3 is 15.2 Å². The Kier molecular flexibility index (Phi) is 7.06. The van der Waals surface area contributed by atoms with Crippen LogP contribution in [0.15, 0.2) is 24.3 Å². The van der Waals surface area contributed by atoms with Crippen LogP contribution in [0.4, 0.5) is 0 Å². The van der Waals surface area contributed by atoms with Crippen molar-refractivity contribution in [2.45, 2.75) is 39.4 Å². The SMILES string of the molecule is COC(C)CNCC(O)c1ccc(CC(C)C)cc1. The molecule has 0 fully saturated rings. The number of rotatable bonds is 8. The van der Waals surface area contributed by atoms with Crippen LogP contribution in [0.3, 0.4) is 0 Å². The topological polar surface area (TPSA) is 41.5 Å². The molecule has 0 amide bonds. The molecule has 0 bridgehead atoms. The highest BCUT2D eigenvalue weighted by Crippen LogP contribution is 2.15. The number of nitrogens with one attached hydrogen (secondary N) is 1. The van der Waals surface area contributed by atoms with Crippen molar-refractivity contribution in [1.29, 1.82) is 0 Å². The summed E-state index contributed by atoms with van der Waals surface area (Å²) in [6.07, 6.45) is 0.790. The Balaban J connectivity index is 2.42. The zero-order valence-electron chi connectivity index (χ0n) is 12.5. The van der Waals surface area contributed by atoms with Gasteiger partial charge in [0, 0.05) is 20.2 Å². The molecular formula is C16H27NO2. The van der Waals surface area contributed by atoms with Crippen LogP contribution < -0.4 is 5.32 Å². The van der Waals surface area contributed by atoms with Crippen LogP contribution in [0, 0.1) is 5.92 Å². The summed E-state index contributed by atoms with van der Waals surface area (Å²) >= 11 is 0. The third-order valence-electron chi connectivity index (χ3n) is 3.18. The molecule has 19 heavy (non-hydrogen) atoms. The fourth-order valence-electron chi connectivity index (χ4n) is 1.97. The van der Waals surface area contributed by atoms with E-state index in [4.69, 9.17) is 4.74 Å². The molecule has 0 saturated carbocycles. The smallest absolute Gasteiger partial charge is 0.0914 e. The Morgan fingerprint density at radius 2 is 1.74 bits per heavy atom. The Morgan fingerprint density at radius 3 is 2.26 bits per heavy atom. The predicted octanol–water partition coefficient (Wildman–Crippen LogP) is 2.54. The Labute approximate surface area is 117 Å². The first-order chi connectivity index (χ1) is 9.02. The zero-order chi connectivity index (χ0) is 14.3. The van der Waals surface area contributed by atoms with E-state index in [0.29, 0.717) is 12.5 Å². The minimum Gasteiger partial charge on any atom is -0.387 e. The van der Waals surface area contributed by atoms with Crippen LogP contribution in [0.2, 0.25) is 0 Å². The van der Waals surface area contributed by atoms with Crippen molar-refractivity contribution < 1.29 is 9.84 Å². The molecule has 1 rings (SSSR count). The molecule has 0 spiro atoms. The molecule has 0 heterocycles. The maximum absolute atomic E-state index is 10.1. The van der Waals surface area contributed by atoms with E-state index in [-0.39, 0.29) is 6.10 Å². The second kappa shape index (κ2) is 8.31. The van der Waals surface area contributed by atoms with Gasteiger partial charge in [-0.15, -0.1) is 0 Å². The second-order valence-corrected chi connectivity index (χ2v) is 5.56. The molecule has 0 aliphatic heterocycles. The summed E-state index contributed by atoms with van der Waals surface area (Å²) in [6.45, 7) is 7.73. The minimum atomic E-state index is -0.461. The zero-order valence-corrected chi connectivity index (χ0v) is 12.5. The van der Waals surface area contributed by atoms with Gasteiger partial charge in [0.1, 0.15) is 0 Å². The highest BCUT2D eigenvalue weighted by atomic mass is 16.5. The first kappa shape index (κ1) is 16.2. The van der Waals surface area contributed by atoms with Gasteiger partial charge >= 0.3 is 0 Å². The van der Waals surface area contributed by atoms with Crippen molar-refractivity contribution in [3.8, 4) is 0 Å². The average molecular weight is 265 g/mol. The molecule has 2 N–H and O–H groups in total. The fraction of sp³-hybridized carbons (Fsp3) is 0.625. The molecular weight excluding hydrogens is 238 g/mol. The highest BCUT2D eigenvalue weighted by molar-refractivity contribution is 5.24. The monoisotopic (exact) mass is 265 g/mol. The van der Waals surface area contributed by atoms with Crippen LogP contribution in [-0.2, 0) is 11.2 Å². The lowest BCUT2D eigenvalue weighted by Gasteiger charge is -2.15. The second-order valence-electron chi connectivity index (χ2n) is 5.56. The van der Waals surface area contributed by atoms with Crippen molar-refractivity contribution in [2.24, 2.45) is 5.92 Å². The molecule has 3 heteroatoms. The average Bonchev–Trinajstić information content (AvgIpc) is 2.38. The molecule has 3 nitrogen and oxygen atoms in total. The molecule has 108 valence electrons. The summed E-state index contributed by atoms with van der Waals surface area (Å²) in [5, 5.41) is 13.3. The molecule has 0 saturated heterocycles. The Hall–Kier alpha value is -0.900. The largest absolute Gasteiger partial charge is 0.387 e. The van der Waals surface area contributed by atoms with Gasteiger partial charge in [-0.1, -0.05) is 38.1 Å². The Bertz CT molecular complexity index is 348. The van der Waals surface area contributed by atoms with Crippen molar-refractivity contribution in [3.05, 3.63) is 35.4 Å². The van der Waals surface area contributed by atoms with E-state index >= 15 is 0 Å². The van der Waals surface area contributed by atoms with Crippen LogP contribution in [0.5, 0.6) is 0 Å². The number of aliphatic hydroxyl groups excluding tert-OH is 1. The number of hydrogen-bond acceptors (Lipinski definition) is 3. The summed E-state index contributed by atoms with van der Waals surface area (Å²) in [6, 6.07) is 8.25. The van der Waals surface area contributed by atoms with Gasteiger partial charge in [-0.25, -0.2) is 0 Å². The summed E-state index contributed by atoms with van der Waals surface area (Å²) in [5.41, 5.74) is 2.29. The van der Waals surface area contributed by atoms with E-state index in [0.717, 1.165) is 18.5 Å². The van der Waals surface area contributed by atoms with Crippen LogP contribution in [0.25, 0.3) is 0 Å². The number of benzene rings is 1. The molecule has 1 aromatic rings. The van der Waals surface area contributed by atoms with Crippen molar-refractivity contribution >= 4 is 0 Å². The molecule has 2 atom stereocenters. The van der Waals surface area contributed by atoms with Crippen LogP contribution >= 0.6 is 0 Å². The molecule has 1 aromatic carbocycles. The number of aliphatic hydroxyl groups is 1. The normalized spacial score (nSPS) is 14.6. The number of hydrogen-bond donors (Lipinski definition) is 2. The first-order valence-electron chi connectivity index (χ1n) is 7.03. The summed E-state index contributed by atoms with van der Waals surface area (Å²) in [5.74, 6) is 0.660. The van der Waals surface area contributed by atoms with E-state index in [1.54, 1.807) is 7.11 Å². The van der Waals surface area contributed by atoms with Gasteiger partial charge in [0.05, 0.1) is 12.2 Å². The van der Waals surface area contributed by atoms with E-state index in [2.05, 4.69) is 31.3 Å².